The highest BCUT2D eigenvalue weighted by atomic mass is 32.2. The number of urea groups is 1. The van der Waals surface area contributed by atoms with E-state index in [0.29, 0.717) is 12.8 Å². The number of sulfonamides is 1. The Kier molecular flexibility index (Phi) is 6.83. The molecule has 0 aliphatic heterocycles. The van der Waals surface area contributed by atoms with Gasteiger partial charge in [0.05, 0.1) is 18.6 Å². The Morgan fingerprint density at radius 1 is 1.06 bits per heavy atom. The van der Waals surface area contributed by atoms with Crippen LogP contribution in [0.1, 0.15) is 24.6 Å². The quantitative estimate of drug-likeness (QED) is 0.340. The Morgan fingerprint density at radius 3 is 2.59 bits per heavy atom. The van der Waals surface area contributed by atoms with Gasteiger partial charge < -0.3 is 9.72 Å². The van der Waals surface area contributed by atoms with Crippen LogP contribution in [-0.4, -0.2) is 37.3 Å². The number of H-pyrrole nitrogens is 1. The van der Waals surface area contributed by atoms with Gasteiger partial charge in [0.15, 0.2) is 0 Å². The maximum Gasteiger partial charge on any atom is 0.334 e. The second-order valence-electron chi connectivity index (χ2n) is 7.82. The van der Waals surface area contributed by atoms with Crippen molar-refractivity contribution < 1.29 is 17.9 Å². The summed E-state index contributed by atoms with van der Waals surface area (Å²) in [5.74, 6) is 0.902. The van der Waals surface area contributed by atoms with Crippen molar-refractivity contribution in [1.82, 2.24) is 14.7 Å². The van der Waals surface area contributed by atoms with Crippen molar-refractivity contribution in [3.63, 3.8) is 0 Å². The first-order chi connectivity index (χ1) is 16.4. The lowest BCUT2D eigenvalue weighted by atomic mass is 10.0. The fourth-order valence-corrected chi connectivity index (χ4v) is 4.80. The average Bonchev–Trinajstić information content (AvgIpc) is 3.16. The predicted octanol–water partition coefficient (Wildman–Crippen LogP) is 4.69. The number of aromatic amines is 1. The summed E-state index contributed by atoms with van der Waals surface area (Å²) in [6.45, 7) is 1.73. The van der Waals surface area contributed by atoms with Gasteiger partial charge in [-0.25, -0.2) is 22.9 Å². The smallest absolute Gasteiger partial charge is 0.334 e. The number of rotatable bonds is 8. The minimum absolute atomic E-state index is 0.124. The normalized spacial score (nSPS) is 11.4. The third-order valence-corrected chi connectivity index (χ3v) is 6.75. The van der Waals surface area contributed by atoms with E-state index in [4.69, 9.17) is 4.74 Å². The molecule has 0 saturated heterocycles. The molecule has 0 radical (unpaired) electrons. The zero-order valence-corrected chi connectivity index (χ0v) is 19.8. The van der Waals surface area contributed by atoms with Crippen LogP contribution >= 0.6 is 0 Å². The lowest BCUT2D eigenvalue weighted by molar-refractivity contribution is 0.256. The molecule has 0 spiro atoms. The number of benzene rings is 2. The first-order valence-corrected chi connectivity index (χ1v) is 12.5. The molecule has 8 nitrogen and oxygen atoms in total. The zero-order valence-electron chi connectivity index (χ0n) is 19.0. The van der Waals surface area contributed by atoms with Crippen molar-refractivity contribution in [1.29, 1.82) is 0 Å². The highest BCUT2D eigenvalue weighted by molar-refractivity contribution is 7.90. The van der Waals surface area contributed by atoms with E-state index in [9.17, 15) is 13.2 Å². The monoisotopic (exact) mass is 478 g/mol. The van der Waals surface area contributed by atoms with Crippen molar-refractivity contribution in [2.75, 3.05) is 18.2 Å². The van der Waals surface area contributed by atoms with Gasteiger partial charge in [-0.2, -0.15) is 0 Å². The van der Waals surface area contributed by atoms with Crippen LogP contribution < -0.4 is 14.8 Å². The lowest BCUT2D eigenvalue weighted by Gasteiger charge is -2.09. The molecule has 4 aromatic rings. The van der Waals surface area contributed by atoms with Gasteiger partial charge in [0.2, 0.25) is 10.0 Å². The number of nitrogens with zero attached hydrogens (tertiary/aromatic N) is 1. The first-order valence-electron chi connectivity index (χ1n) is 10.9. The Balaban J connectivity index is 1.64. The summed E-state index contributed by atoms with van der Waals surface area (Å²) in [5, 5.41) is 3.55. The Hall–Kier alpha value is -3.85. The Bertz CT molecular complexity index is 1420. The minimum atomic E-state index is -3.67. The van der Waals surface area contributed by atoms with Crippen LogP contribution in [0.5, 0.6) is 5.75 Å². The molecule has 0 fully saturated rings. The number of amides is 2. The number of carbonyl (C=O) groups excluding carboxylic acids is 1. The van der Waals surface area contributed by atoms with E-state index in [1.54, 1.807) is 26.2 Å². The number of anilines is 1. The minimum Gasteiger partial charge on any atom is -0.497 e. The van der Waals surface area contributed by atoms with Crippen molar-refractivity contribution in [2.45, 2.75) is 19.8 Å². The summed E-state index contributed by atoms with van der Waals surface area (Å²) >= 11 is 0. The molecule has 3 N–H and O–H groups in total. The molecule has 2 amide bonds. The number of fused-ring (bicyclic) bond motifs is 1. The van der Waals surface area contributed by atoms with E-state index in [0.717, 1.165) is 39.2 Å². The maximum absolute atomic E-state index is 12.1. The third kappa shape index (κ3) is 5.37. The lowest BCUT2D eigenvalue weighted by Crippen LogP contribution is -2.36. The zero-order chi connectivity index (χ0) is 24.1. The molecule has 0 saturated carbocycles. The second-order valence-corrected chi connectivity index (χ2v) is 9.66. The molecule has 34 heavy (non-hydrogen) atoms. The fourth-order valence-electron chi connectivity index (χ4n) is 3.83. The number of methoxy groups -OCH3 is 1. The SMILES string of the molecule is CCCS(=O)(=O)NC(=O)Nc1cccc(Cc2c(-c3ccccc3)[nH]c3cc(OC)ccc23)n1. The molecular formula is C25H26N4O4S. The van der Waals surface area contributed by atoms with E-state index in [1.165, 1.54) is 0 Å². The summed E-state index contributed by atoms with van der Waals surface area (Å²) in [4.78, 5) is 20.2. The van der Waals surface area contributed by atoms with E-state index in [-0.39, 0.29) is 11.6 Å². The number of hydrogen-bond acceptors (Lipinski definition) is 5. The van der Waals surface area contributed by atoms with Gasteiger partial charge in [-0.05, 0) is 41.8 Å². The van der Waals surface area contributed by atoms with Crippen molar-refractivity contribution in [3.05, 3.63) is 78.0 Å². The Morgan fingerprint density at radius 2 is 1.85 bits per heavy atom. The summed E-state index contributed by atoms with van der Waals surface area (Å²) in [6.07, 6.45) is 0.915. The standard InChI is InChI=1S/C25H26N4O4S/c1-3-14-34(31,32)29-25(30)28-23-11-7-10-18(26-23)15-21-20-13-12-19(33-2)16-22(20)27-24(21)17-8-5-4-6-9-17/h4-13,16,27H,3,14-15H2,1-2H3,(H2,26,28,29,30). The highest BCUT2D eigenvalue weighted by Gasteiger charge is 2.17. The molecule has 2 heterocycles. The van der Waals surface area contributed by atoms with Crippen LogP contribution in [0.3, 0.4) is 0 Å². The topological polar surface area (TPSA) is 113 Å². The van der Waals surface area contributed by atoms with Crippen LogP contribution in [0.25, 0.3) is 22.2 Å². The summed E-state index contributed by atoms with van der Waals surface area (Å²) < 4.78 is 31.1. The average molecular weight is 479 g/mol. The molecule has 4 rings (SSSR count). The molecule has 2 aromatic carbocycles. The highest BCUT2D eigenvalue weighted by Crippen LogP contribution is 2.33. The van der Waals surface area contributed by atoms with E-state index < -0.39 is 16.1 Å². The predicted molar refractivity (Wildman–Crippen MR) is 134 cm³/mol. The third-order valence-electron chi connectivity index (χ3n) is 5.30. The van der Waals surface area contributed by atoms with E-state index in [1.807, 2.05) is 59.3 Å². The van der Waals surface area contributed by atoms with Crippen LogP contribution in [-0.2, 0) is 16.4 Å². The summed E-state index contributed by atoms with van der Waals surface area (Å²) in [5.41, 5.74) is 4.75. The molecule has 0 atom stereocenters. The molecule has 2 aromatic heterocycles. The van der Waals surface area contributed by atoms with Gasteiger partial charge in [0.1, 0.15) is 11.6 Å². The molecule has 176 valence electrons. The van der Waals surface area contributed by atoms with Gasteiger partial charge in [-0.3, -0.25) is 5.32 Å². The van der Waals surface area contributed by atoms with Crippen LogP contribution in [0.2, 0.25) is 0 Å². The van der Waals surface area contributed by atoms with E-state index >= 15 is 0 Å². The fraction of sp³-hybridized carbons (Fsp3) is 0.200. The van der Waals surface area contributed by atoms with Crippen molar-refractivity contribution in [3.8, 4) is 17.0 Å². The van der Waals surface area contributed by atoms with Gasteiger partial charge in [-0.15, -0.1) is 0 Å². The molecule has 0 aliphatic carbocycles. The van der Waals surface area contributed by atoms with Crippen LogP contribution in [0.15, 0.2) is 66.7 Å². The van der Waals surface area contributed by atoms with Gasteiger partial charge in [0.25, 0.3) is 0 Å². The Labute approximate surface area is 198 Å². The summed E-state index contributed by atoms with van der Waals surface area (Å²) in [7, 11) is -2.04. The molecule has 9 heteroatoms. The number of nitrogens with one attached hydrogen (secondary N) is 3. The van der Waals surface area contributed by atoms with Crippen molar-refractivity contribution in [2.24, 2.45) is 0 Å². The number of aromatic nitrogens is 2. The largest absolute Gasteiger partial charge is 0.497 e. The molecule has 0 aliphatic rings. The maximum atomic E-state index is 12.1. The molecule has 0 unspecified atom stereocenters. The number of ether oxygens (including phenoxy) is 1. The van der Waals surface area contributed by atoms with Crippen LogP contribution in [0.4, 0.5) is 10.6 Å². The first kappa shape index (κ1) is 23.3. The van der Waals surface area contributed by atoms with Gasteiger partial charge in [0, 0.05) is 29.1 Å². The number of hydrogen-bond donors (Lipinski definition) is 3. The molecular weight excluding hydrogens is 452 g/mol. The second kappa shape index (κ2) is 9.96. The van der Waals surface area contributed by atoms with Gasteiger partial charge >= 0.3 is 6.03 Å². The van der Waals surface area contributed by atoms with Crippen molar-refractivity contribution >= 4 is 32.8 Å². The molecule has 0 bridgehead atoms. The van der Waals surface area contributed by atoms with Gasteiger partial charge in [-0.1, -0.05) is 43.3 Å². The number of carbonyl (C=O) groups is 1. The summed E-state index contributed by atoms with van der Waals surface area (Å²) in [6, 6.07) is 20.3. The van der Waals surface area contributed by atoms with Crippen LogP contribution in [0, 0.1) is 0 Å². The number of pyridine rings is 1. The van der Waals surface area contributed by atoms with E-state index in [2.05, 4.69) is 15.3 Å².